The maximum atomic E-state index is 12.2. The van der Waals surface area contributed by atoms with Crippen molar-refractivity contribution in [2.24, 2.45) is 11.8 Å². The monoisotopic (exact) mass is 414 g/mol. The smallest absolute Gasteiger partial charge is 0.308 e. The highest BCUT2D eigenvalue weighted by atomic mass is 16.5. The molecule has 0 fully saturated rings. The molecule has 2 aromatic rings. The van der Waals surface area contributed by atoms with Crippen molar-refractivity contribution in [1.29, 1.82) is 0 Å². The van der Waals surface area contributed by atoms with Gasteiger partial charge in [-0.15, -0.1) is 0 Å². The lowest BCUT2D eigenvalue weighted by Crippen LogP contribution is -2.29. The summed E-state index contributed by atoms with van der Waals surface area (Å²) in [6.45, 7) is 11.7. The fourth-order valence-corrected chi connectivity index (χ4v) is 2.91. The number of para-hydroxylation sites is 1. The molecule has 0 bridgehead atoms. The van der Waals surface area contributed by atoms with Crippen LogP contribution in [0.25, 0.3) is 10.9 Å². The number of aryl methyl sites for hydroxylation is 1. The van der Waals surface area contributed by atoms with E-state index in [9.17, 15) is 9.59 Å². The number of amides is 1. The zero-order valence-electron chi connectivity index (χ0n) is 18.9. The molecule has 30 heavy (non-hydrogen) atoms. The Bertz CT molecular complexity index is 880. The Labute approximate surface area is 179 Å². The fourth-order valence-electron chi connectivity index (χ4n) is 2.91. The van der Waals surface area contributed by atoms with Gasteiger partial charge in [-0.25, -0.2) is 4.98 Å². The van der Waals surface area contributed by atoms with E-state index >= 15 is 0 Å². The number of carbonyl (C=O) groups is 2. The van der Waals surface area contributed by atoms with Crippen LogP contribution in [0, 0.1) is 18.8 Å². The first-order valence-electron chi connectivity index (χ1n) is 10.7. The maximum Gasteiger partial charge on any atom is 0.308 e. The second kappa shape index (κ2) is 10.9. The van der Waals surface area contributed by atoms with E-state index in [4.69, 9.17) is 4.74 Å². The van der Waals surface area contributed by atoms with Crippen molar-refractivity contribution in [3.63, 3.8) is 0 Å². The predicted octanol–water partition coefficient (Wildman–Crippen LogP) is 4.70. The van der Waals surface area contributed by atoms with Crippen LogP contribution < -0.4 is 10.6 Å². The maximum absolute atomic E-state index is 12.2. The van der Waals surface area contributed by atoms with E-state index in [2.05, 4.69) is 27.5 Å². The molecule has 0 aliphatic rings. The lowest BCUT2D eigenvalue weighted by atomic mass is 10.1. The van der Waals surface area contributed by atoms with Gasteiger partial charge in [-0.3, -0.25) is 14.9 Å². The molecule has 0 aliphatic carbocycles. The SMILES string of the molecule is CCCCC(COC(=O)C(C)C)Nc1nc(NC(=O)C(C)C)nc2c(C)cccc12. The summed E-state index contributed by atoms with van der Waals surface area (Å²) in [6, 6.07) is 5.81. The van der Waals surface area contributed by atoms with Gasteiger partial charge in [0.05, 0.1) is 17.5 Å². The van der Waals surface area contributed by atoms with Gasteiger partial charge in [-0.1, -0.05) is 59.6 Å². The molecule has 7 nitrogen and oxygen atoms in total. The molecule has 0 spiro atoms. The minimum absolute atomic E-state index is 0.0834. The van der Waals surface area contributed by atoms with Crippen molar-refractivity contribution >= 4 is 34.5 Å². The Kier molecular flexibility index (Phi) is 8.57. The molecular formula is C23H34N4O3. The Balaban J connectivity index is 2.36. The molecule has 1 amide bonds. The second-order valence-electron chi connectivity index (χ2n) is 8.28. The van der Waals surface area contributed by atoms with Crippen LogP contribution in [0.15, 0.2) is 18.2 Å². The topological polar surface area (TPSA) is 93.2 Å². The summed E-state index contributed by atoms with van der Waals surface area (Å²) in [7, 11) is 0. The van der Waals surface area contributed by atoms with Gasteiger partial charge in [-0.05, 0) is 25.0 Å². The lowest BCUT2D eigenvalue weighted by molar-refractivity contribution is -0.147. The van der Waals surface area contributed by atoms with Gasteiger partial charge < -0.3 is 10.1 Å². The van der Waals surface area contributed by atoms with Crippen molar-refractivity contribution in [3.05, 3.63) is 23.8 Å². The molecule has 1 aromatic heterocycles. The number of rotatable bonds is 10. The molecule has 0 radical (unpaired) electrons. The number of nitrogens with zero attached hydrogens (tertiary/aromatic N) is 2. The molecule has 1 unspecified atom stereocenters. The minimum Gasteiger partial charge on any atom is -0.463 e. The van der Waals surface area contributed by atoms with Crippen LogP contribution >= 0.6 is 0 Å². The van der Waals surface area contributed by atoms with E-state index in [-0.39, 0.29) is 42.3 Å². The number of esters is 1. The molecule has 1 heterocycles. The van der Waals surface area contributed by atoms with E-state index in [1.165, 1.54) is 0 Å². The van der Waals surface area contributed by atoms with Crippen LogP contribution in [0.1, 0.15) is 59.4 Å². The Morgan fingerprint density at radius 1 is 1.10 bits per heavy atom. The Morgan fingerprint density at radius 3 is 2.47 bits per heavy atom. The molecule has 2 rings (SSSR count). The van der Waals surface area contributed by atoms with E-state index < -0.39 is 0 Å². The first kappa shape index (κ1) is 23.6. The van der Waals surface area contributed by atoms with Gasteiger partial charge in [-0.2, -0.15) is 4.98 Å². The molecule has 1 aromatic carbocycles. The van der Waals surface area contributed by atoms with Crippen molar-refractivity contribution in [2.45, 2.75) is 66.8 Å². The summed E-state index contributed by atoms with van der Waals surface area (Å²) in [5, 5.41) is 7.11. The van der Waals surface area contributed by atoms with E-state index in [1.807, 2.05) is 52.8 Å². The number of hydrogen-bond acceptors (Lipinski definition) is 6. The molecule has 0 aliphatic heterocycles. The third kappa shape index (κ3) is 6.40. The van der Waals surface area contributed by atoms with Crippen LogP contribution in [0.3, 0.4) is 0 Å². The molecule has 2 N–H and O–H groups in total. The van der Waals surface area contributed by atoms with Gasteiger partial charge in [0.25, 0.3) is 0 Å². The summed E-state index contributed by atoms with van der Waals surface area (Å²) in [6.07, 6.45) is 2.87. The summed E-state index contributed by atoms with van der Waals surface area (Å²) in [5.41, 5.74) is 1.77. The molecular weight excluding hydrogens is 380 g/mol. The fraction of sp³-hybridized carbons (Fsp3) is 0.565. The van der Waals surface area contributed by atoms with Crippen molar-refractivity contribution < 1.29 is 14.3 Å². The number of anilines is 2. The van der Waals surface area contributed by atoms with Gasteiger partial charge in [0, 0.05) is 11.3 Å². The number of carbonyl (C=O) groups excluding carboxylic acids is 2. The number of nitrogens with one attached hydrogen (secondary N) is 2. The highest BCUT2D eigenvalue weighted by Crippen LogP contribution is 2.26. The average Bonchev–Trinajstić information content (AvgIpc) is 2.70. The number of hydrogen-bond donors (Lipinski definition) is 2. The molecule has 1 atom stereocenters. The minimum atomic E-state index is -0.216. The average molecular weight is 415 g/mol. The van der Waals surface area contributed by atoms with Crippen molar-refractivity contribution in [1.82, 2.24) is 9.97 Å². The summed E-state index contributed by atoms with van der Waals surface area (Å²) in [5.74, 6) is 0.201. The summed E-state index contributed by atoms with van der Waals surface area (Å²) < 4.78 is 5.48. The number of benzene rings is 1. The Hall–Kier alpha value is -2.70. The quantitative estimate of drug-likeness (QED) is 0.547. The van der Waals surface area contributed by atoms with E-state index in [0.29, 0.717) is 5.82 Å². The highest BCUT2D eigenvalue weighted by molar-refractivity contribution is 5.95. The van der Waals surface area contributed by atoms with Gasteiger partial charge in [0.1, 0.15) is 12.4 Å². The first-order valence-corrected chi connectivity index (χ1v) is 10.7. The lowest BCUT2D eigenvalue weighted by Gasteiger charge is -2.21. The normalized spacial score (nSPS) is 12.3. The standard InChI is InChI=1S/C23H34N4O3/c1-7-8-11-17(13-30-22(29)15(4)5)24-20-18-12-9-10-16(6)19(18)25-23(26-20)27-21(28)14(2)3/h9-10,12,14-15,17H,7-8,11,13H2,1-6H3,(H2,24,25,26,27,28). The molecule has 7 heteroatoms. The zero-order valence-corrected chi connectivity index (χ0v) is 18.9. The number of aromatic nitrogens is 2. The highest BCUT2D eigenvalue weighted by Gasteiger charge is 2.18. The summed E-state index contributed by atoms with van der Waals surface area (Å²) in [4.78, 5) is 33.3. The number of fused-ring (bicyclic) bond motifs is 1. The van der Waals surface area contributed by atoms with Crippen molar-refractivity contribution in [2.75, 3.05) is 17.2 Å². The molecule has 0 saturated carbocycles. The number of ether oxygens (including phenoxy) is 1. The first-order chi connectivity index (χ1) is 14.2. The van der Waals surface area contributed by atoms with Crippen LogP contribution in [0.4, 0.5) is 11.8 Å². The van der Waals surface area contributed by atoms with Crippen LogP contribution in [0.5, 0.6) is 0 Å². The van der Waals surface area contributed by atoms with Crippen LogP contribution in [-0.4, -0.2) is 34.5 Å². The van der Waals surface area contributed by atoms with E-state index in [1.54, 1.807) is 0 Å². The second-order valence-corrected chi connectivity index (χ2v) is 8.28. The van der Waals surface area contributed by atoms with Crippen LogP contribution in [-0.2, 0) is 14.3 Å². The zero-order chi connectivity index (χ0) is 22.3. The largest absolute Gasteiger partial charge is 0.463 e. The van der Waals surface area contributed by atoms with E-state index in [0.717, 1.165) is 35.7 Å². The summed E-state index contributed by atoms with van der Waals surface area (Å²) >= 11 is 0. The third-order valence-electron chi connectivity index (χ3n) is 4.83. The third-order valence-corrected chi connectivity index (χ3v) is 4.83. The van der Waals surface area contributed by atoms with Crippen LogP contribution in [0.2, 0.25) is 0 Å². The molecule has 164 valence electrons. The predicted molar refractivity (Wildman–Crippen MR) is 120 cm³/mol. The van der Waals surface area contributed by atoms with Gasteiger partial charge in [0.2, 0.25) is 11.9 Å². The Morgan fingerprint density at radius 2 is 1.83 bits per heavy atom. The van der Waals surface area contributed by atoms with Crippen molar-refractivity contribution in [3.8, 4) is 0 Å². The number of unbranched alkanes of at least 4 members (excludes halogenated alkanes) is 1. The van der Waals surface area contributed by atoms with Gasteiger partial charge >= 0.3 is 5.97 Å². The molecule has 0 saturated heterocycles. The van der Waals surface area contributed by atoms with Gasteiger partial charge in [0.15, 0.2) is 0 Å².